The average molecular weight is 336 g/mol. The van der Waals surface area contributed by atoms with Crippen molar-refractivity contribution in [2.45, 2.75) is 6.54 Å². The summed E-state index contributed by atoms with van der Waals surface area (Å²) in [4.78, 5) is 14.8. The van der Waals surface area contributed by atoms with Crippen LogP contribution in [0.5, 0.6) is 0 Å². The lowest BCUT2D eigenvalue weighted by atomic mass is 10.1. The van der Waals surface area contributed by atoms with Crippen LogP contribution in [0.15, 0.2) is 59.5 Å². The van der Waals surface area contributed by atoms with E-state index in [0.29, 0.717) is 21.3 Å². The van der Waals surface area contributed by atoms with Crippen LogP contribution in [-0.4, -0.2) is 15.1 Å². The molecule has 1 aliphatic rings. The summed E-state index contributed by atoms with van der Waals surface area (Å²) in [6.45, 7) is 0.482. The average Bonchev–Trinajstić information content (AvgIpc) is 2.84. The largest absolute Gasteiger partial charge is 0.288 e. The molecule has 0 N–H and O–H groups in total. The SMILES string of the molecule is N#Cc1ccc(/C=C2\SC(=S)N(Cc3ccccc3)C2=O)cc1. The molecule has 5 heteroatoms. The van der Waals surface area contributed by atoms with E-state index < -0.39 is 0 Å². The Kier molecular flexibility index (Phi) is 4.56. The second-order valence-corrected chi connectivity index (χ2v) is 6.66. The molecule has 0 saturated carbocycles. The number of thiocarbonyl (C=S) groups is 1. The van der Waals surface area contributed by atoms with E-state index in [9.17, 15) is 4.79 Å². The van der Waals surface area contributed by atoms with Crippen molar-refractivity contribution in [1.82, 2.24) is 4.90 Å². The van der Waals surface area contributed by atoms with Crippen molar-refractivity contribution in [2.75, 3.05) is 0 Å². The number of rotatable bonds is 3. The monoisotopic (exact) mass is 336 g/mol. The Balaban J connectivity index is 1.80. The molecule has 0 aliphatic carbocycles. The van der Waals surface area contributed by atoms with Gasteiger partial charge in [0, 0.05) is 0 Å². The molecule has 1 aliphatic heterocycles. The highest BCUT2D eigenvalue weighted by Crippen LogP contribution is 2.33. The topological polar surface area (TPSA) is 44.1 Å². The number of nitrogens with zero attached hydrogens (tertiary/aromatic N) is 2. The van der Waals surface area contributed by atoms with Gasteiger partial charge in [0.1, 0.15) is 4.32 Å². The van der Waals surface area contributed by atoms with E-state index in [0.717, 1.165) is 11.1 Å². The Hall–Kier alpha value is -2.42. The number of amides is 1. The van der Waals surface area contributed by atoms with Crippen LogP contribution in [0.2, 0.25) is 0 Å². The van der Waals surface area contributed by atoms with Gasteiger partial charge in [-0.25, -0.2) is 0 Å². The minimum absolute atomic E-state index is 0.0757. The zero-order valence-electron chi connectivity index (χ0n) is 12.1. The van der Waals surface area contributed by atoms with Crippen LogP contribution in [0.25, 0.3) is 6.08 Å². The molecule has 0 spiro atoms. The van der Waals surface area contributed by atoms with Gasteiger partial charge >= 0.3 is 0 Å². The maximum Gasteiger partial charge on any atom is 0.266 e. The lowest BCUT2D eigenvalue weighted by Crippen LogP contribution is -2.27. The zero-order valence-corrected chi connectivity index (χ0v) is 13.7. The van der Waals surface area contributed by atoms with Gasteiger partial charge in [0.05, 0.1) is 23.1 Å². The summed E-state index contributed by atoms with van der Waals surface area (Å²) >= 11 is 6.64. The number of carbonyl (C=O) groups excluding carboxylic acids is 1. The molecule has 0 aromatic heterocycles. The molecule has 3 nitrogen and oxygen atoms in total. The second kappa shape index (κ2) is 6.78. The van der Waals surface area contributed by atoms with Crippen molar-refractivity contribution >= 4 is 40.3 Å². The maximum absolute atomic E-state index is 12.5. The molecule has 1 heterocycles. The molecule has 0 unspecified atom stereocenters. The van der Waals surface area contributed by atoms with Crippen molar-refractivity contribution < 1.29 is 4.79 Å². The maximum atomic E-state index is 12.5. The number of nitriles is 1. The first-order valence-electron chi connectivity index (χ1n) is 6.97. The van der Waals surface area contributed by atoms with Gasteiger partial charge in [0.25, 0.3) is 5.91 Å². The van der Waals surface area contributed by atoms with Gasteiger partial charge in [-0.3, -0.25) is 9.69 Å². The Morgan fingerprint density at radius 3 is 2.48 bits per heavy atom. The third-order valence-electron chi connectivity index (χ3n) is 3.39. The fourth-order valence-electron chi connectivity index (χ4n) is 2.21. The first-order valence-corrected chi connectivity index (χ1v) is 8.19. The van der Waals surface area contributed by atoms with E-state index >= 15 is 0 Å². The van der Waals surface area contributed by atoms with E-state index in [4.69, 9.17) is 17.5 Å². The van der Waals surface area contributed by atoms with E-state index in [2.05, 4.69) is 6.07 Å². The smallest absolute Gasteiger partial charge is 0.266 e. The molecule has 0 atom stereocenters. The number of hydrogen-bond donors (Lipinski definition) is 0. The molecule has 2 aromatic carbocycles. The lowest BCUT2D eigenvalue weighted by molar-refractivity contribution is -0.122. The van der Waals surface area contributed by atoms with E-state index in [1.165, 1.54) is 11.8 Å². The van der Waals surface area contributed by atoms with Crippen LogP contribution >= 0.6 is 24.0 Å². The third kappa shape index (κ3) is 3.50. The van der Waals surface area contributed by atoms with Crippen molar-refractivity contribution in [1.29, 1.82) is 5.26 Å². The summed E-state index contributed by atoms with van der Waals surface area (Å²) < 4.78 is 0.568. The summed E-state index contributed by atoms with van der Waals surface area (Å²) in [5.41, 5.74) is 2.52. The number of thioether (sulfide) groups is 1. The van der Waals surface area contributed by atoms with Crippen LogP contribution in [0, 0.1) is 11.3 Å². The Labute approximate surface area is 144 Å². The van der Waals surface area contributed by atoms with Crippen LogP contribution in [0.4, 0.5) is 0 Å². The predicted molar refractivity (Wildman–Crippen MR) is 96.3 cm³/mol. The Morgan fingerprint density at radius 2 is 1.83 bits per heavy atom. The van der Waals surface area contributed by atoms with Crippen molar-refractivity contribution in [3.05, 3.63) is 76.2 Å². The van der Waals surface area contributed by atoms with Gasteiger partial charge in [0.2, 0.25) is 0 Å². The Morgan fingerprint density at radius 1 is 1.13 bits per heavy atom. The summed E-state index contributed by atoms with van der Waals surface area (Å²) in [6, 6.07) is 19.0. The fourth-order valence-corrected chi connectivity index (χ4v) is 3.46. The second-order valence-electron chi connectivity index (χ2n) is 4.99. The number of carbonyl (C=O) groups is 1. The highest BCUT2D eigenvalue weighted by molar-refractivity contribution is 8.26. The summed E-state index contributed by atoms with van der Waals surface area (Å²) in [7, 11) is 0. The minimum Gasteiger partial charge on any atom is -0.288 e. The summed E-state index contributed by atoms with van der Waals surface area (Å²) in [6.07, 6.45) is 1.81. The van der Waals surface area contributed by atoms with Crippen LogP contribution < -0.4 is 0 Å². The van der Waals surface area contributed by atoms with E-state index in [-0.39, 0.29) is 5.91 Å². The molecule has 1 saturated heterocycles. The van der Waals surface area contributed by atoms with Crippen molar-refractivity contribution in [2.24, 2.45) is 0 Å². The van der Waals surface area contributed by atoms with Crippen LogP contribution in [0.3, 0.4) is 0 Å². The minimum atomic E-state index is -0.0757. The fraction of sp³-hybridized carbons (Fsp3) is 0.0556. The molecule has 112 valence electrons. The first kappa shape index (κ1) is 15.5. The van der Waals surface area contributed by atoms with Gasteiger partial charge in [-0.15, -0.1) is 0 Å². The normalized spacial score (nSPS) is 16.0. The molecular formula is C18H12N2OS2. The number of benzene rings is 2. The van der Waals surface area contributed by atoms with Gasteiger partial charge in [-0.05, 0) is 29.3 Å². The summed E-state index contributed by atoms with van der Waals surface area (Å²) in [5, 5.41) is 8.82. The van der Waals surface area contributed by atoms with Gasteiger partial charge < -0.3 is 0 Å². The van der Waals surface area contributed by atoms with Crippen molar-refractivity contribution in [3.63, 3.8) is 0 Å². The van der Waals surface area contributed by atoms with Crippen LogP contribution in [0.1, 0.15) is 16.7 Å². The molecule has 1 fully saturated rings. The molecule has 23 heavy (non-hydrogen) atoms. The molecular weight excluding hydrogens is 324 g/mol. The summed E-state index contributed by atoms with van der Waals surface area (Å²) in [5.74, 6) is -0.0757. The highest BCUT2D eigenvalue weighted by Gasteiger charge is 2.31. The number of hydrogen-bond acceptors (Lipinski definition) is 4. The van der Waals surface area contributed by atoms with Crippen molar-refractivity contribution in [3.8, 4) is 6.07 Å². The molecule has 0 radical (unpaired) electrons. The lowest BCUT2D eigenvalue weighted by Gasteiger charge is -2.14. The quantitative estimate of drug-likeness (QED) is 0.629. The van der Waals surface area contributed by atoms with E-state index in [1.54, 1.807) is 17.0 Å². The zero-order chi connectivity index (χ0) is 16.2. The molecule has 3 rings (SSSR count). The molecule has 0 bridgehead atoms. The van der Waals surface area contributed by atoms with E-state index in [1.807, 2.05) is 48.5 Å². The third-order valence-corrected chi connectivity index (χ3v) is 4.77. The van der Waals surface area contributed by atoms with Gasteiger partial charge in [-0.2, -0.15) is 5.26 Å². The van der Waals surface area contributed by atoms with Gasteiger partial charge in [-0.1, -0.05) is 66.4 Å². The van der Waals surface area contributed by atoms with Gasteiger partial charge in [0.15, 0.2) is 0 Å². The molecule has 2 aromatic rings. The highest BCUT2D eigenvalue weighted by atomic mass is 32.2. The standard InChI is InChI=1S/C18H12N2OS2/c19-11-14-8-6-13(7-9-14)10-16-17(21)20(18(22)23-16)12-15-4-2-1-3-5-15/h1-10H,12H2/b16-10-. The Bertz CT molecular complexity index is 820. The molecule has 1 amide bonds. The van der Waals surface area contributed by atoms with Crippen LogP contribution in [-0.2, 0) is 11.3 Å². The predicted octanol–water partition coefficient (Wildman–Crippen LogP) is 3.96. The first-order chi connectivity index (χ1) is 11.2.